The van der Waals surface area contributed by atoms with Crippen molar-refractivity contribution in [3.63, 3.8) is 0 Å². The zero-order chi connectivity index (χ0) is 20.9. The molecule has 4 rings (SSSR count). The lowest BCUT2D eigenvalue weighted by Crippen LogP contribution is -2.53. The Balaban J connectivity index is 1.64. The predicted molar refractivity (Wildman–Crippen MR) is 107 cm³/mol. The molecule has 3 heterocycles. The molecule has 1 aromatic carbocycles. The minimum atomic E-state index is -3.91. The summed E-state index contributed by atoms with van der Waals surface area (Å²) in [4.78, 5) is 2.04. The molecule has 0 radical (unpaired) electrons. The third-order valence-electron chi connectivity index (χ3n) is 6.14. The van der Waals surface area contributed by atoms with Gasteiger partial charge < -0.3 is 14.2 Å². The standard InChI is InChI=1S/C19H27NO7S2/c1-14-3-4-16(25-2)17(11-14)29(23,24)18-13-28(21,22)12-15(18)20-7-5-19(6-8-20)26-9-10-27-19/h3-4,11,15,18H,5-10,12-13H2,1-2H3/t15-,18-/m1/s1. The van der Waals surface area contributed by atoms with Crippen LogP contribution < -0.4 is 4.74 Å². The van der Waals surface area contributed by atoms with Crippen LogP contribution in [0.4, 0.5) is 0 Å². The van der Waals surface area contributed by atoms with E-state index >= 15 is 0 Å². The molecule has 3 aliphatic rings. The molecule has 0 aromatic heterocycles. The first-order valence-electron chi connectivity index (χ1n) is 9.77. The maximum absolute atomic E-state index is 13.5. The Morgan fingerprint density at radius 2 is 1.79 bits per heavy atom. The number of sulfone groups is 2. The van der Waals surface area contributed by atoms with Gasteiger partial charge in [0.25, 0.3) is 0 Å². The number of aryl methyl sites for hydroxylation is 1. The average molecular weight is 446 g/mol. The van der Waals surface area contributed by atoms with Crippen LogP contribution in [-0.2, 0) is 29.1 Å². The Hall–Kier alpha value is -1.20. The summed E-state index contributed by atoms with van der Waals surface area (Å²) in [5, 5.41) is -1.03. The maximum atomic E-state index is 13.5. The van der Waals surface area contributed by atoms with Crippen molar-refractivity contribution in [2.75, 3.05) is 44.9 Å². The van der Waals surface area contributed by atoms with E-state index in [0.29, 0.717) is 39.1 Å². The molecule has 1 aromatic rings. The van der Waals surface area contributed by atoms with Gasteiger partial charge in [0.05, 0.1) is 37.1 Å². The van der Waals surface area contributed by atoms with Gasteiger partial charge >= 0.3 is 0 Å². The number of piperidine rings is 1. The molecule has 162 valence electrons. The molecular formula is C19H27NO7S2. The number of likely N-dealkylation sites (tertiary alicyclic amines) is 1. The number of rotatable bonds is 4. The van der Waals surface area contributed by atoms with Gasteiger partial charge in [-0.3, -0.25) is 4.90 Å². The third-order valence-corrected chi connectivity index (χ3v) is 10.3. The minimum absolute atomic E-state index is 0.0584. The van der Waals surface area contributed by atoms with E-state index in [9.17, 15) is 16.8 Å². The van der Waals surface area contributed by atoms with Gasteiger partial charge in [0.2, 0.25) is 0 Å². The molecule has 0 amide bonds. The van der Waals surface area contributed by atoms with Crippen LogP contribution in [0.1, 0.15) is 18.4 Å². The summed E-state index contributed by atoms with van der Waals surface area (Å²) in [5.41, 5.74) is 0.775. The van der Waals surface area contributed by atoms with Gasteiger partial charge in [0.1, 0.15) is 10.6 Å². The van der Waals surface area contributed by atoms with E-state index in [2.05, 4.69) is 0 Å². The van der Waals surface area contributed by atoms with Crippen LogP contribution in [0.15, 0.2) is 23.1 Å². The zero-order valence-electron chi connectivity index (χ0n) is 16.7. The Bertz CT molecular complexity index is 974. The van der Waals surface area contributed by atoms with Gasteiger partial charge in [-0.2, -0.15) is 0 Å². The lowest BCUT2D eigenvalue weighted by Gasteiger charge is -2.41. The predicted octanol–water partition coefficient (Wildman–Crippen LogP) is 0.782. The van der Waals surface area contributed by atoms with E-state index < -0.39 is 36.8 Å². The van der Waals surface area contributed by atoms with Crippen LogP contribution >= 0.6 is 0 Å². The summed E-state index contributed by atoms with van der Waals surface area (Å²) >= 11 is 0. The molecule has 1 spiro atoms. The van der Waals surface area contributed by atoms with Crippen LogP contribution in [-0.4, -0.2) is 83.7 Å². The van der Waals surface area contributed by atoms with Gasteiger partial charge in [0, 0.05) is 32.0 Å². The molecule has 3 aliphatic heterocycles. The van der Waals surface area contributed by atoms with Gasteiger partial charge in [-0.1, -0.05) is 6.07 Å². The highest BCUT2D eigenvalue weighted by molar-refractivity contribution is 7.96. The van der Waals surface area contributed by atoms with Crippen molar-refractivity contribution < 1.29 is 31.0 Å². The Morgan fingerprint density at radius 1 is 1.14 bits per heavy atom. The van der Waals surface area contributed by atoms with E-state index in [0.717, 1.165) is 5.56 Å². The van der Waals surface area contributed by atoms with E-state index in [4.69, 9.17) is 14.2 Å². The smallest absolute Gasteiger partial charge is 0.187 e. The number of benzene rings is 1. The summed E-state index contributed by atoms with van der Waals surface area (Å²) in [7, 11) is -5.96. The quantitative estimate of drug-likeness (QED) is 0.671. The molecule has 3 saturated heterocycles. The van der Waals surface area contributed by atoms with Gasteiger partial charge in [-0.05, 0) is 24.6 Å². The van der Waals surface area contributed by atoms with Crippen molar-refractivity contribution in [3.05, 3.63) is 23.8 Å². The fourth-order valence-electron chi connectivity index (χ4n) is 4.59. The molecule has 3 fully saturated rings. The highest BCUT2D eigenvalue weighted by atomic mass is 32.2. The fourth-order valence-corrected chi connectivity index (χ4v) is 9.66. The molecule has 2 atom stereocenters. The molecule has 0 bridgehead atoms. The van der Waals surface area contributed by atoms with Crippen molar-refractivity contribution >= 4 is 19.7 Å². The molecule has 10 heteroatoms. The number of hydrogen-bond acceptors (Lipinski definition) is 8. The normalized spacial score (nSPS) is 29.3. The van der Waals surface area contributed by atoms with E-state index in [1.54, 1.807) is 25.1 Å². The lowest BCUT2D eigenvalue weighted by molar-refractivity contribution is -0.187. The van der Waals surface area contributed by atoms with E-state index in [1.165, 1.54) is 7.11 Å². The summed E-state index contributed by atoms with van der Waals surface area (Å²) in [6.07, 6.45) is 1.20. The first-order valence-corrected chi connectivity index (χ1v) is 13.1. The first-order chi connectivity index (χ1) is 13.7. The van der Waals surface area contributed by atoms with Crippen LogP contribution in [0.5, 0.6) is 5.75 Å². The topological polar surface area (TPSA) is 99.2 Å². The number of hydrogen-bond donors (Lipinski definition) is 0. The highest BCUT2D eigenvalue weighted by Crippen LogP contribution is 2.37. The minimum Gasteiger partial charge on any atom is -0.495 e. The molecule has 29 heavy (non-hydrogen) atoms. The van der Waals surface area contributed by atoms with Crippen molar-refractivity contribution in [1.82, 2.24) is 4.90 Å². The first kappa shape index (κ1) is 21.0. The lowest BCUT2D eigenvalue weighted by atomic mass is 10.0. The third kappa shape index (κ3) is 3.93. The summed E-state index contributed by atoms with van der Waals surface area (Å²) < 4.78 is 68.8. The van der Waals surface area contributed by atoms with Crippen molar-refractivity contribution in [2.24, 2.45) is 0 Å². The summed E-state index contributed by atoms with van der Waals surface area (Å²) in [6, 6.07) is 4.35. The SMILES string of the molecule is COc1ccc(C)cc1S(=O)(=O)[C@@H]1CS(=O)(=O)C[C@H]1N1CCC2(CC1)OCCO2. The Kier molecular flexibility index (Phi) is 5.44. The van der Waals surface area contributed by atoms with Gasteiger partial charge in [0.15, 0.2) is 25.5 Å². The molecule has 0 unspecified atom stereocenters. The van der Waals surface area contributed by atoms with E-state index in [-0.39, 0.29) is 22.2 Å². The molecule has 8 nitrogen and oxygen atoms in total. The number of nitrogens with zero attached hydrogens (tertiary/aromatic N) is 1. The molecule has 0 aliphatic carbocycles. The monoisotopic (exact) mass is 445 g/mol. The molecule has 0 N–H and O–H groups in total. The highest BCUT2D eigenvalue weighted by Gasteiger charge is 2.51. The van der Waals surface area contributed by atoms with E-state index in [1.807, 2.05) is 4.90 Å². The number of methoxy groups -OCH3 is 1. The van der Waals surface area contributed by atoms with Crippen LogP contribution in [0, 0.1) is 6.92 Å². The van der Waals surface area contributed by atoms with Crippen LogP contribution in [0.2, 0.25) is 0 Å². The summed E-state index contributed by atoms with van der Waals surface area (Å²) in [6.45, 7) is 3.99. The van der Waals surface area contributed by atoms with Gasteiger partial charge in [-0.15, -0.1) is 0 Å². The second kappa shape index (κ2) is 7.49. The zero-order valence-corrected chi connectivity index (χ0v) is 18.3. The number of ether oxygens (including phenoxy) is 3. The summed E-state index contributed by atoms with van der Waals surface area (Å²) in [5.74, 6) is -0.878. The Labute approximate surface area is 172 Å². The van der Waals surface area contributed by atoms with Crippen molar-refractivity contribution in [2.45, 2.75) is 41.7 Å². The second-order valence-corrected chi connectivity index (χ2v) is 12.3. The van der Waals surface area contributed by atoms with Gasteiger partial charge in [-0.25, -0.2) is 16.8 Å². The Morgan fingerprint density at radius 3 is 2.41 bits per heavy atom. The van der Waals surface area contributed by atoms with Crippen LogP contribution in [0.3, 0.4) is 0 Å². The largest absolute Gasteiger partial charge is 0.495 e. The molecular weight excluding hydrogens is 418 g/mol. The van der Waals surface area contributed by atoms with Crippen molar-refractivity contribution in [1.29, 1.82) is 0 Å². The maximum Gasteiger partial charge on any atom is 0.187 e. The second-order valence-electron chi connectivity index (χ2n) is 8.03. The fraction of sp³-hybridized carbons (Fsp3) is 0.684. The van der Waals surface area contributed by atoms with Crippen molar-refractivity contribution in [3.8, 4) is 5.75 Å². The molecule has 0 saturated carbocycles. The average Bonchev–Trinajstić information content (AvgIpc) is 3.27. The van der Waals surface area contributed by atoms with Crippen LogP contribution in [0.25, 0.3) is 0 Å².